The molecule has 2 heterocycles. The number of rotatable bonds is 0. The Morgan fingerprint density at radius 3 is 0.750 bits per heavy atom. The van der Waals surface area contributed by atoms with Gasteiger partial charge < -0.3 is 0 Å². The van der Waals surface area contributed by atoms with Crippen LogP contribution in [0.1, 0.15) is 12.8 Å². The maximum atomic E-state index is 2.47. The molecule has 0 aromatic carbocycles. The Morgan fingerprint density at radius 1 is 0.583 bits per heavy atom. The lowest BCUT2D eigenvalue weighted by molar-refractivity contribution is 0.906. The Morgan fingerprint density at radius 2 is 0.750 bits per heavy atom. The zero-order valence-electron chi connectivity index (χ0n) is 9.24. The topological polar surface area (TPSA) is 0 Å². The van der Waals surface area contributed by atoms with E-state index in [2.05, 4.69) is 26.2 Å². The highest BCUT2D eigenvalue weighted by atomic mass is 28.3. The van der Waals surface area contributed by atoms with Crippen molar-refractivity contribution in [3.63, 3.8) is 0 Å². The van der Waals surface area contributed by atoms with Crippen LogP contribution in [0.4, 0.5) is 0 Å². The summed E-state index contributed by atoms with van der Waals surface area (Å²) >= 11 is 0. The third-order valence-corrected chi connectivity index (χ3v) is 10.2. The molecule has 2 fully saturated rings. The van der Waals surface area contributed by atoms with E-state index >= 15 is 0 Å². The van der Waals surface area contributed by atoms with Crippen LogP contribution < -0.4 is 0 Å². The highest BCUT2D eigenvalue weighted by Gasteiger charge is 2.28. The fourth-order valence-corrected chi connectivity index (χ4v) is 5.30. The smallest absolute Gasteiger partial charge is 0.0473 e. The third kappa shape index (κ3) is 3.44. The van der Waals surface area contributed by atoms with Gasteiger partial charge in [0.05, 0.1) is 0 Å². The molecule has 0 atom stereocenters. The van der Waals surface area contributed by atoms with Gasteiger partial charge in [-0.2, -0.15) is 0 Å². The summed E-state index contributed by atoms with van der Waals surface area (Å²) in [5.74, 6) is 0. The lowest BCUT2D eigenvalue weighted by Gasteiger charge is -2.31. The molecule has 2 saturated heterocycles. The van der Waals surface area contributed by atoms with Crippen LogP contribution >= 0.6 is 0 Å². The molecule has 2 aliphatic heterocycles. The summed E-state index contributed by atoms with van der Waals surface area (Å²) < 4.78 is 0. The average molecular weight is 200 g/mol. The molecule has 0 radical (unpaired) electrons. The summed E-state index contributed by atoms with van der Waals surface area (Å²) in [6.07, 6.45) is 3.05. The standard InChI is InChI=1S/2C5H12Si/c2*1-6(2)4-3-5-6/h2*3-5H2,1-2H3. The normalized spacial score (nSPS) is 29.0. The van der Waals surface area contributed by atoms with Gasteiger partial charge in [0.15, 0.2) is 0 Å². The molecule has 0 aliphatic carbocycles. The fraction of sp³-hybridized carbons (Fsp3) is 1.00. The first kappa shape index (κ1) is 10.5. The number of hydrogen-bond donors (Lipinski definition) is 0. The minimum absolute atomic E-state index is 0.451. The fourth-order valence-electron chi connectivity index (χ4n) is 1.77. The van der Waals surface area contributed by atoms with Crippen molar-refractivity contribution in [1.82, 2.24) is 0 Å². The lowest BCUT2D eigenvalue weighted by atomic mass is 10.5. The maximum absolute atomic E-state index is 2.47. The summed E-state index contributed by atoms with van der Waals surface area (Å²) in [6, 6.07) is 6.36. The van der Waals surface area contributed by atoms with E-state index in [-0.39, 0.29) is 0 Å². The van der Waals surface area contributed by atoms with Crippen LogP contribution in [0.3, 0.4) is 0 Å². The summed E-state index contributed by atoms with van der Waals surface area (Å²) in [5.41, 5.74) is 0. The predicted octanol–water partition coefficient (Wildman–Crippen LogP) is 4.20. The minimum atomic E-state index is -0.451. The Labute approximate surface area is 79.8 Å². The van der Waals surface area contributed by atoms with Gasteiger partial charge in [0.25, 0.3) is 0 Å². The lowest BCUT2D eigenvalue weighted by Crippen LogP contribution is -2.32. The average Bonchev–Trinajstić information content (AvgIpc) is 1.83. The molecule has 0 spiro atoms. The Balaban J connectivity index is 0.000000120. The molecule has 0 unspecified atom stereocenters. The van der Waals surface area contributed by atoms with Crippen LogP contribution in [-0.2, 0) is 0 Å². The maximum Gasteiger partial charge on any atom is 0.0473 e. The Kier molecular flexibility index (Phi) is 3.21. The van der Waals surface area contributed by atoms with Gasteiger partial charge in [-0.15, -0.1) is 0 Å². The van der Waals surface area contributed by atoms with E-state index in [9.17, 15) is 0 Å². The van der Waals surface area contributed by atoms with Gasteiger partial charge in [-0.25, -0.2) is 0 Å². The van der Waals surface area contributed by atoms with Gasteiger partial charge >= 0.3 is 0 Å². The van der Waals surface area contributed by atoms with Crippen molar-refractivity contribution >= 4 is 16.1 Å². The second-order valence-corrected chi connectivity index (χ2v) is 16.7. The van der Waals surface area contributed by atoms with E-state index in [4.69, 9.17) is 0 Å². The van der Waals surface area contributed by atoms with E-state index in [1.165, 1.54) is 12.8 Å². The van der Waals surface area contributed by atoms with Crippen LogP contribution in [0.5, 0.6) is 0 Å². The van der Waals surface area contributed by atoms with Crippen molar-refractivity contribution in [2.45, 2.75) is 63.2 Å². The largest absolute Gasteiger partial charge is 0.0693 e. The molecule has 0 N–H and O–H groups in total. The molecule has 0 aromatic rings. The summed E-state index contributed by atoms with van der Waals surface area (Å²) in [5, 5.41) is 0. The van der Waals surface area contributed by atoms with Crippen LogP contribution in [0.25, 0.3) is 0 Å². The first-order valence-corrected chi connectivity index (χ1v) is 12.2. The molecule has 2 aliphatic rings. The molecule has 0 bridgehead atoms. The second-order valence-electron chi connectivity index (χ2n) is 6.04. The molecular formula is C10H24Si2. The van der Waals surface area contributed by atoms with Gasteiger partial charge in [0.1, 0.15) is 0 Å². The molecular weight excluding hydrogens is 176 g/mol. The van der Waals surface area contributed by atoms with E-state index in [0.29, 0.717) is 0 Å². The van der Waals surface area contributed by atoms with Crippen LogP contribution in [0, 0.1) is 0 Å². The van der Waals surface area contributed by atoms with Gasteiger partial charge in [0, 0.05) is 16.1 Å². The predicted molar refractivity (Wildman–Crippen MR) is 63.4 cm³/mol. The van der Waals surface area contributed by atoms with Crippen LogP contribution in [-0.4, -0.2) is 16.1 Å². The van der Waals surface area contributed by atoms with Gasteiger partial charge in [0.2, 0.25) is 0 Å². The highest BCUT2D eigenvalue weighted by molar-refractivity contribution is 6.80. The zero-order valence-corrected chi connectivity index (χ0v) is 11.2. The first-order chi connectivity index (χ1) is 5.41. The van der Waals surface area contributed by atoms with E-state index in [0.717, 1.165) is 0 Å². The molecule has 0 amide bonds. The molecule has 2 rings (SSSR count). The Bertz CT molecular complexity index is 120. The first-order valence-electron chi connectivity index (χ1n) is 5.41. The zero-order chi connectivity index (χ0) is 9.24. The van der Waals surface area contributed by atoms with E-state index in [1.807, 2.05) is 0 Å². The van der Waals surface area contributed by atoms with Crippen molar-refractivity contribution in [2.24, 2.45) is 0 Å². The summed E-state index contributed by atoms with van der Waals surface area (Å²) in [7, 11) is -0.901. The van der Waals surface area contributed by atoms with Crippen molar-refractivity contribution < 1.29 is 0 Å². The van der Waals surface area contributed by atoms with Gasteiger partial charge in [-0.1, -0.05) is 63.2 Å². The van der Waals surface area contributed by atoms with Crippen molar-refractivity contribution in [2.75, 3.05) is 0 Å². The van der Waals surface area contributed by atoms with Crippen molar-refractivity contribution in [1.29, 1.82) is 0 Å². The number of hydrogen-bond acceptors (Lipinski definition) is 0. The summed E-state index contributed by atoms with van der Waals surface area (Å²) in [6.45, 7) is 9.88. The second kappa shape index (κ2) is 3.66. The third-order valence-electron chi connectivity index (χ3n) is 3.41. The van der Waals surface area contributed by atoms with Crippen molar-refractivity contribution in [3.8, 4) is 0 Å². The highest BCUT2D eigenvalue weighted by Crippen LogP contribution is 2.31. The van der Waals surface area contributed by atoms with E-state index in [1.54, 1.807) is 24.2 Å². The van der Waals surface area contributed by atoms with Crippen molar-refractivity contribution in [3.05, 3.63) is 0 Å². The Hall–Kier alpha value is 0.434. The van der Waals surface area contributed by atoms with Crippen LogP contribution in [0.2, 0.25) is 50.4 Å². The minimum Gasteiger partial charge on any atom is -0.0693 e. The molecule has 0 saturated carbocycles. The molecule has 0 aromatic heterocycles. The summed E-state index contributed by atoms with van der Waals surface area (Å²) in [4.78, 5) is 0. The molecule has 2 heteroatoms. The molecule has 12 heavy (non-hydrogen) atoms. The van der Waals surface area contributed by atoms with E-state index < -0.39 is 16.1 Å². The monoisotopic (exact) mass is 200 g/mol. The quantitative estimate of drug-likeness (QED) is 0.514. The van der Waals surface area contributed by atoms with Gasteiger partial charge in [-0.05, 0) is 0 Å². The molecule has 0 nitrogen and oxygen atoms in total. The molecule has 72 valence electrons. The van der Waals surface area contributed by atoms with Crippen LogP contribution in [0.15, 0.2) is 0 Å². The SMILES string of the molecule is C[Si]1(C)CCC1.C[Si]1(C)CCC1. The van der Waals surface area contributed by atoms with Gasteiger partial charge in [-0.3, -0.25) is 0 Å².